The molecule has 0 saturated carbocycles. The van der Waals surface area contributed by atoms with E-state index in [1.54, 1.807) is 6.92 Å². The molecule has 0 unspecified atom stereocenters. The zero-order chi connectivity index (χ0) is 20.1. The third-order valence-electron chi connectivity index (χ3n) is 3.63. The van der Waals surface area contributed by atoms with Crippen LogP contribution in [0.2, 0.25) is 0 Å². The van der Waals surface area contributed by atoms with Crippen molar-refractivity contribution in [1.29, 1.82) is 0 Å². The van der Waals surface area contributed by atoms with Gasteiger partial charge in [0.2, 0.25) is 0 Å². The van der Waals surface area contributed by atoms with E-state index >= 15 is 0 Å². The molecule has 0 aliphatic carbocycles. The van der Waals surface area contributed by atoms with Crippen LogP contribution >= 0.6 is 0 Å². The molecule has 2 aromatic rings. The highest BCUT2D eigenvalue weighted by Gasteiger charge is 2.25. The second-order valence-corrected chi connectivity index (χ2v) is 5.24. The van der Waals surface area contributed by atoms with Crippen molar-refractivity contribution in [3.8, 4) is 11.1 Å². The molecule has 1 aromatic heterocycles. The number of benzene rings is 1. The Morgan fingerprint density at radius 2 is 1.89 bits per heavy atom. The number of carbonyl (C=O) groups is 2. The largest absolute Gasteiger partial charge is 0.465 e. The molecule has 0 saturated heterocycles. The Labute approximate surface area is 153 Å². The minimum absolute atomic E-state index is 0.0100. The number of carbonyl (C=O) groups excluding carboxylic acids is 2. The molecular formula is C17H16FN3O6. The molecule has 10 heteroatoms. The first kappa shape index (κ1) is 19.8. The molecule has 0 spiro atoms. The summed E-state index contributed by atoms with van der Waals surface area (Å²) in [6.45, 7) is 2.23. The van der Waals surface area contributed by atoms with Crippen LogP contribution in [-0.4, -0.2) is 42.6 Å². The van der Waals surface area contributed by atoms with E-state index < -0.39 is 33.9 Å². The fourth-order valence-corrected chi connectivity index (χ4v) is 2.40. The Morgan fingerprint density at radius 1 is 1.22 bits per heavy atom. The number of ether oxygens (including phenoxy) is 2. The van der Waals surface area contributed by atoms with E-state index in [2.05, 4.69) is 19.8 Å². The Bertz CT molecular complexity index is 916. The van der Waals surface area contributed by atoms with Crippen molar-refractivity contribution in [3.63, 3.8) is 0 Å². The van der Waals surface area contributed by atoms with Gasteiger partial charge < -0.3 is 14.8 Å². The van der Waals surface area contributed by atoms with Crippen LogP contribution in [0, 0.1) is 15.9 Å². The number of hydrogen-bond acceptors (Lipinski definition) is 8. The number of esters is 2. The summed E-state index contributed by atoms with van der Waals surface area (Å²) in [6.07, 6.45) is 1.19. The highest BCUT2D eigenvalue weighted by Crippen LogP contribution is 2.32. The Balaban J connectivity index is 2.65. The molecule has 0 atom stereocenters. The molecule has 1 N–H and O–H groups in total. The predicted octanol–water partition coefficient (Wildman–Crippen LogP) is 2.80. The monoisotopic (exact) mass is 377 g/mol. The Morgan fingerprint density at radius 3 is 2.44 bits per heavy atom. The smallest absolute Gasteiger partial charge is 0.358 e. The second-order valence-electron chi connectivity index (χ2n) is 5.24. The lowest BCUT2D eigenvalue weighted by atomic mass is 10.0. The van der Waals surface area contributed by atoms with Gasteiger partial charge >= 0.3 is 11.9 Å². The van der Waals surface area contributed by atoms with Gasteiger partial charge in [0, 0.05) is 29.9 Å². The van der Waals surface area contributed by atoms with Crippen molar-refractivity contribution < 1.29 is 28.4 Å². The van der Waals surface area contributed by atoms with Crippen LogP contribution in [-0.2, 0) is 9.47 Å². The average molecular weight is 377 g/mol. The summed E-state index contributed by atoms with van der Waals surface area (Å²) < 4.78 is 23.6. The van der Waals surface area contributed by atoms with Gasteiger partial charge in [0.05, 0.1) is 24.8 Å². The number of nitro groups is 1. The van der Waals surface area contributed by atoms with Crippen LogP contribution in [0.4, 0.5) is 15.8 Å². The second kappa shape index (κ2) is 8.21. The molecule has 0 radical (unpaired) electrons. The first-order valence-corrected chi connectivity index (χ1v) is 7.72. The quantitative estimate of drug-likeness (QED) is 0.463. The lowest BCUT2D eigenvalue weighted by Gasteiger charge is -2.12. The lowest BCUT2D eigenvalue weighted by molar-refractivity contribution is -0.385. The average Bonchev–Trinajstić information content (AvgIpc) is 2.66. The van der Waals surface area contributed by atoms with Gasteiger partial charge in [0.25, 0.3) is 5.69 Å². The van der Waals surface area contributed by atoms with Crippen LogP contribution in [0.25, 0.3) is 11.1 Å². The van der Waals surface area contributed by atoms with Crippen molar-refractivity contribution in [2.24, 2.45) is 0 Å². The van der Waals surface area contributed by atoms with Crippen molar-refractivity contribution >= 4 is 23.3 Å². The molecule has 0 amide bonds. The van der Waals surface area contributed by atoms with E-state index in [4.69, 9.17) is 0 Å². The number of nitrogens with one attached hydrogen (secondary N) is 1. The maximum absolute atomic E-state index is 14.5. The summed E-state index contributed by atoms with van der Waals surface area (Å²) in [7, 11) is 2.23. The lowest BCUT2D eigenvalue weighted by Crippen LogP contribution is -2.11. The van der Waals surface area contributed by atoms with Gasteiger partial charge in [-0.3, -0.25) is 10.1 Å². The van der Waals surface area contributed by atoms with Crippen LogP contribution < -0.4 is 5.32 Å². The summed E-state index contributed by atoms with van der Waals surface area (Å²) in [5.41, 5.74) is -0.826. The fraction of sp³-hybridized carbons (Fsp3) is 0.235. The molecule has 0 bridgehead atoms. The van der Waals surface area contributed by atoms with Gasteiger partial charge in [-0.25, -0.2) is 19.0 Å². The molecule has 0 aliphatic heterocycles. The molecule has 9 nitrogen and oxygen atoms in total. The zero-order valence-corrected chi connectivity index (χ0v) is 14.7. The fourth-order valence-electron chi connectivity index (χ4n) is 2.40. The molecule has 0 aliphatic rings. The number of nitro benzene ring substituents is 1. The molecule has 1 heterocycles. The Kier molecular flexibility index (Phi) is 6.01. The van der Waals surface area contributed by atoms with Gasteiger partial charge in [-0.2, -0.15) is 0 Å². The van der Waals surface area contributed by atoms with E-state index in [0.717, 1.165) is 19.2 Å². The molecule has 27 heavy (non-hydrogen) atoms. The molecule has 142 valence electrons. The van der Waals surface area contributed by atoms with Crippen LogP contribution in [0.5, 0.6) is 0 Å². The number of anilines is 1. The maximum atomic E-state index is 14.5. The van der Waals surface area contributed by atoms with Gasteiger partial charge in [-0.1, -0.05) is 0 Å². The normalized spacial score (nSPS) is 10.2. The number of aromatic nitrogens is 1. The minimum Gasteiger partial charge on any atom is -0.465 e. The van der Waals surface area contributed by atoms with E-state index in [9.17, 15) is 24.1 Å². The van der Waals surface area contributed by atoms with Crippen LogP contribution in [0.1, 0.15) is 27.8 Å². The molecule has 2 rings (SSSR count). The van der Waals surface area contributed by atoms with Gasteiger partial charge in [0.15, 0.2) is 5.69 Å². The van der Waals surface area contributed by atoms with Gasteiger partial charge in [-0.05, 0) is 19.1 Å². The number of methoxy groups -OCH3 is 2. The van der Waals surface area contributed by atoms with Crippen molar-refractivity contribution in [3.05, 3.63) is 51.6 Å². The number of hydrogen-bond donors (Lipinski definition) is 1. The number of halogens is 1. The van der Waals surface area contributed by atoms with E-state index in [0.29, 0.717) is 6.54 Å². The van der Waals surface area contributed by atoms with Gasteiger partial charge in [0.1, 0.15) is 11.4 Å². The topological polar surface area (TPSA) is 121 Å². The summed E-state index contributed by atoms with van der Waals surface area (Å²) in [4.78, 5) is 37.9. The van der Waals surface area contributed by atoms with E-state index in [-0.39, 0.29) is 22.5 Å². The number of pyridine rings is 1. The predicted molar refractivity (Wildman–Crippen MR) is 93.1 cm³/mol. The highest BCUT2D eigenvalue weighted by molar-refractivity contribution is 5.96. The van der Waals surface area contributed by atoms with Crippen molar-refractivity contribution in [2.45, 2.75) is 6.92 Å². The maximum Gasteiger partial charge on any atom is 0.358 e. The number of nitrogens with zero attached hydrogens (tertiary/aromatic N) is 2. The molecule has 0 fully saturated rings. The summed E-state index contributed by atoms with van der Waals surface area (Å²) in [6, 6.07) is 3.08. The molecule has 1 aromatic carbocycles. The summed E-state index contributed by atoms with van der Waals surface area (Å²) in [5, 5.41) is 14.2. The first-order chi connectivity index (χ1) is 12.8. The highest BCUT2D eigenvalue weighted by atomic mass is 19.1. The Hall–Kier alpha value is -3.56. The van der Waals surface area contributed by atoms with Crippen molar-refractivity contribution in [2.75, 3.05) is 26.1 Å². The zero-order valence-electron chi connectivity index (χ0n) is 14.7. The summed E-state index contributed by atoms with van der Waals surface area (Å²) >= 11 is 0. The minimum atomic E-state index is -1.03. The van der Waals surface area contributed by atoms with E-state index in [1.165, 1.54) is 19.4 Å². The van der Waals surface area contributed by atoms with E-state index in [1.807, 2.05) is 0 Å². The summed E-state index contributed by atoms with van der Waals surface area (Å²) in [5.74, 6) is -2.60. The van der Waals surface area contributed by atoms with Crippen LogP contribution in [0.15, 0.2) is 24.4 Å². The first-order valence-electron chi connectivity index (χ1n) is 7.72. The number of rotatable bonds is 6. The third kappa shape index (κ3) is 4.00. The molecular weight excluding hydrogens is 361 g/mol. The van der Waals surface area contributed by atoms with Gasteiger partial charge in [-0.15, -0.1) is 0 Å². The SMILES string of the molecule is CCNc1cc(-c2cc([N+](=O)[O-])c(C(=O)OC)cc2F)cnc1C(=O)OC. The van der Waals surface area contributed by atoms with Crippen LogP contribution in [0.3, 0.4) is 0 Å². The van der Waals surface area contributed by atoms with Crippen molar-refractivity contribution in [1.82, 2.24) is 4.98 Å². The third-order valence-corrected chi connectivity index (χ3v) is 3.63. The standard InChI is InChI=1S/C17H16FN3O6/c1-4-19-13-5-9(8-20-15(13)17(23)27-3)10-7-14(21(24)25)11(6-12(10)18)16(22)26-2/h5-8,19H,4H2,1-3H3.